The fourth-order valence-electron chi connectivity index (χ4n) is 1.34. The van der Waals surface area contributed by atoms with Crippen LogP contribution in [-0.2, 0) is 11.1 Å². The van der Waals surface area contributed by atoms with Gasteiger partial charge in [0.2, 0.25) is 0 Å². The van der Waals surface area contributed by atoms with E-state index in [0.717, 1.165) is 12.8 Å². The van der Waals surface area contributed by atoms with Gasteiger partial charge in [-0.25, -0.2) is 0 Å². The van der Waals surface area contributed by atoms with Crippen molar-refractivity contribution in [2.24, 2.45) is 0 Å². The maximum absolute atomic E-state index is 10.7. The van der Waals surface area contributed by atoms with Crippen LogP contribution in [0.3, 0.4) is 0 Å². The van der Waals surface area contributed by atoms with E-state index in [4.69, 9.17) is 0 Å². The molecule has 1 unspecified atom stereocenters. The Labute approximate surface area is 101 Å². The number of nitrogens with zero attached hydrogens (tertiary/aromatic N) is 2. The monoisotopic (exact) mass is 208 g/mol. The molecule has 66 valence electrons. The third-order valence-electron chi connectivity index (χ3n) is 2.23. The van der Waals surface area contributed by atoms with E-state index in [2.05, 4.69) is 5.10 Å². The van der Waals surface area contributed by atoms with Crippen molar-refractivity contribution in [3.05, 3.63) is 12.3 Å². The summed E-state index contributed by atoms with van der Waals surface area (Å²) in [4.78, 5) is 0. The van der Waals surface area contributed by atoms with Crippen molar-refractivity contribution in [3.8, 4) is 0 Å². The molecule has 2 rings (SSSR count). The molecule has 0 N–H and O–H groups in total. The third-order valence-corrected chi connectivity index (χ3v) is 2.89. The van der Waals surface area contributed by atoms with Gasteiger partial charge in [-0.3, -0.25) is 8.89 Å². The Bertz CT molecular complexity index is 311. The van der Waals surface area contributed by atoms with Gasteiger partial charge in [0, 0.05) is 0 Å². The van der Waals surface area contributed by atoms with Crippen LogP contribution in [0.25, 0.3) is 0 Å². The van der Waals surface area contributed by atoms with E-state index in [-0.39, 0.29) is 29.6 Å². The second-order valence-electron chi connectivity index (χ2n) is 2.93. The Morgan fingerprint density at radius 1 is 1.62 bits per heavy atom. The molecule has 1 aromatic rings. The Hall–Kier alpha value is 0.320. The molecule has 0 bridgehead atoms. The van der Waals surface area contributed by atoms with Gasteiger partial charge in [-0.15, -0.1) is 0 Å². The van der Waals surface area contributed by atoms with Crippen LogP contribution in [0.5, 0.6) is 0 Å². The summed E-state index contributed by atoms with van der Waals surface area (Å²) in [5.41, 5.74) is 0. The second kappa shape index (κ2) is 4.70. The zero-order valence-electron chi connectivity index (χ0n) is 7.47. The molecule has 6 heteroatoms. The summed E-state index contributed by atoms with van der Waals surface area (Å²) in [7, 11) is 0. The van der Waals surface area contributed by atoms with Gasteiger partial charge < -0.3 is 4.55 Å². The average molecular weight is 208 g/mol. The van der Waals surface area contributed by atoms with E-state index >= 15 is 0 Å². The first kappa shape index (κ1) is 11.4. The molecule has 0 aromatic carbocycles. The minimum atomic E-state index is -2.15. The second-order valence-corrected chi connectivity index (χ2v) is 3.82. The normalized spacial score (nSPS) is 18.8. The fraction of sp³-hybridized carbons (Fsp3) is 0.571. The first-order valence-corrected chi connectivity index (χ1v) is 4.99. The van der Waals surface area contributed by atoms with Crippen molar-refractivity contribution in [2.45, 2.75) is 30.3 Å². The molecule has 1 atom stereocenters. The molecule has 0 radical (unpaired) electrons. The SMILES string of the molecule is O=S([O-])c1ccnn1C1CCC1.[Na+]. The van der Waals surface area contributed by atoms with Crippen LogP contribution >= 0.6 is 0 Å². The molecule has 4 nitrogen and oxygen atoms in total. The predicted molar refractivity (Wildman–Crippen MR) is 42.3 cm³/mol. The molecule has 1 aliphatic carbocycles. The summed E-state index contributed by atoms with van der Waals surface area (Å²) in [6.45, 7) is 0. The van der Waals surface area contributed by atoms with E-state index in [1.807, 2.05) is 0 Å². The van der Waals surface area contributed by atoms with E-state index in [0.29, 0.717) is 11.1 Å². The zero-order valence-corrected chi connectivity index (χ0v) is 10.3. The van der Waals surface area contributed by atoms with Gasteiger partial charge in [0.15, 0.2) is 0 Å². The van der Waals surface area contributed by atoms with Crippen LogP contribution in [0, 0.1) is 0 Å². The van der Waals surface area contributed by atoms with Crippen LogP contribution in [0.1, 0.15) is 25.3 Å². The summed E-state index contributed by atoms with van der Waals surface area (Å²) in [6, 6.07) is 1.84. The van der Waals surface area contributed by atoms with Gasteiger partial charge in [0.25, 0.3) is 0 Å². The number of hydrogen-bond acceptors (Lipinski definition) is 3. The van der Waals surface area contributed by atoms with Gasteiger partial charge in [-0.1, -0.05) is 0 Å². The van der Waals surface area contributed by atoms with Crippen molar-refractivity contribution >= 4 is 11.1 Å². The Morgan fingerprint density at radius 2 is 2.31 bits per heavy atom. The molecule has 1 aromatic heterocycles. The smallest absolute Gasteiger partial charge is 0.767 e. The minimum Gasteiger partial charge on any atom is -0.767 e. The largest absolute Gasteiger partial charge is 1.00 e. The first-order valence-electron chi connectivity index (χ1n) is 3.92. The van der Waals surface area contributed by atoms with Gasteiger partial charge in [0.1, 0.15) is 5.03 Å². The van der Waals surface area contributed by atoms with E-state index in [1.54, 1.807) is 4.68 Å². The van der Waals surface area contributed by atoms with Crippen molar-refractivity contribution in [2.75, 3.05) is 0 Å². The summed E-state index contributed by atoms with van der Waals surface area (Å²) >= 11 is -2.15. The molecular formula is C7H9N2NaO2S. The molecule has 13 heavy (non-hydrogen) atoms. The minimum absolute atomic E-state index is 0. The molecule has 0 spiro atoms. The van der Waals surface area contributed by atoms with E-state index in [1.165, 1.54) is 18.7 Å². The fourth-order valence-corrected chi connectivity index (χ4v) is 1.86. The van der Waals surface area contributed by atoms with Crippen LogP contribution in [0.4, 0.5) is 0 Å². The Kier molecular flexibility index (Phi) is 4.12. The van der Waals surface area contributed by atoms with E-state index < -0.39 is 11.1 Å². The number of aromatic nitrogens is 2. The third kappa shape index (κ3) is 2.22. The van der Waals surface area contributed by atoms with Crippen molar-refractivity contribution in [1.29, 1.82) is 0 Å². The van der Waals surface area contributed by atoms with Crippen LogP contribution in [0.15, 0.2) is 17.3 Å². The molecule has 1 aliphatic rings. The van der Waals surface area contributed by atoms with Crippen LogP contribution in [-0.4, -0.2) is 18.5 Å². The van der Waals surface area contributed by atoms with Gasteiger partial charge in [-0.05, 0) is 36.4 Å². The van der Waals surface area contributed by atoms with Crippen molar-refractivity contribution in [3.63, 3.8) is 0 Å². The standard InChI is InChI=1S/C7H10N2O2S.Na/c10-12(11)7-4-5-8-9(7)6-2-1-3-6;/h4-6H,1-3H2,(H,10,11);/q;+1/p-1. The maximum Gasteiger partial charge on any atom is 1.00 e. The quantitative estimate of drug-likeness (QED) is 0.411. The molecule has 0 amide bonds. The average Bonchev–Trinajstić information content (AvgIpc) is 2.31. The topological polar surface area (TPSA) is 57.9 Å². The molecule has 1 saturated carbocycles. The number of rotatable bonds is 2. The van der Waals surface area contributed by atoms with E-state index in [9.17, 15) is 8.76 Å². The summed E-state index contributed by atoms with van der Waals surface area (Å²) in [5.74, 6) is 0. The zero-order chi connectivity index (χ0) is 8.55. The summed E-state index contributed by atoms with van der Waals surface area (Å²) in [5, 5.41) is 4.29. The Morgan fingerprint density at radius 3 is 2.77 bits per heavy atom. The summed E-state index contributed by atoms with van der Waals surface area (Å²) in [6.07, 6.45) is 4.80. The van der Waals surface area contributed by atoms with Crippen LogP contribution in [0.2, 0.25) is 0 Å². The molecular weight excluding hydrogens is 199 g/mol. The van der Waals surface area contributed by atoms with Crippen molar-refractivity contribution < 1.29 is 38.3 Å². The van der Waals surface area contributed by atoms with Crippen molar-refractivity contribution in [1.82, 2.24) is 9.78 Å². The molecule has 1 fully saturated rings. The predicted octanol–water partition coefficient (Wildman–Crippen LogP) is -2.15. The maximum atomic E-state index is 10.7. The summed E-state index contributed by atoms with van der Waals surface area (Å²) < 4.78 is 22.9. The Balaban J connectivity index is 0.000000845. The number of hydrogen-bond donors (Lipinski definition) is 0. The van der Waals surface area contributed by atoms with Gasteiger partial charge in [-0.2, -0.15) is 5.10 Å². The van der Waals surface area contributed by atoms with Crippen LogP contribution < -0.4 is 29.6 Å². The molecule has 0 saturated heterocycles. The first-order chi connectivity index (χ1) is 5.79. The molecule has 0 aliphatic heterocycles. The molecule has 1 heterocycles. The van der Waals surface area contributed by atoms with Gasteiger partial charge in [0.05, 0.1) is 12.2 Å². The van der Waals surface area contributed by atoms with Gasteiger partial charge >= 0.3 is 29.6 Å².